The van der Waals surface area contributed by atoms with E-state index < -0.39 is 12.1 Å². The molecule has 1 aromatic carbocycles. The Hall–Kier alpha value is -1.85. The second kappa shape index (κ2) is 4.20. The van der Waals surface area contributed by atoms with Gasteiger partial charge in [0.15, 0.2) is 0 Å². The average Bonchev–Trinajstić information content (AvgIpc) is 2.28. The topological polar surface area (TPSA) is 41.5 Å². The number of hydrogen-bond donors (Lipinski definition) is 1. The molecule has 1 aliphatic heterocycles. The smallest absolute Gasteiger partial charge is 0.318 e. The highest BCUT2D eigenvalue weighted by molar-refractivity contribution is 5.97. The number of nitrogens with zero attached hydrogens (tertiary/aromatic N) is 1. The quantitative estimate of drug-likeness (QED) is 0.805. The van der Waals surface area contributed by atoms with E-state index >= 15 is 0 Å². The Labute approximate surface area is 95.4 Å². The van der Waals surface area contributed by atoms with Crippen LogP contribution < -0.4 is 5.32 Å². The van der Waals surface area contributed by atoms with Crippen LogP contribution in [0.4, 0.5) is 18.9 Å². The fourth-order valence-electron chi connectivity index (χ4n) is 1.65. The Morgan fingerprint density at radius 1 is 1.35 bits per heavy atom. The van der Waals surface area contributed by atoms with E-state index in [0.717, 1.165) is 5.56 Å². The number of rotatable bonds is 1. The van der Waals surface area contributed by atoms with E-state index in [1.54, 1.807) is 18.3 Å². The normalized spacial score (nSPS) is 14.3. The van der Waals surface area contributed by atoms with Gasteiger partial charge in [0.1, 0.15) is 0 Å². The first kappa shape index (κ1) is 11.6. The monoisotopic (exact) mass is 242 g/mol. The zero-order chi connectivity index (χ0) is 12.5. The van der Waals surface area contributed by atoms with E-state index in [2.05, 4.69) is 4.99 Å². The van der Waals surface area contributed by atoms with Gasteiger partial charge in [0.2, 0.25) is 0 Å². The van der Waals surface area contributed by atoms with E-state index in [0.29, 0.717) is 18.5 Å². The van der Waals surface area contributed by atoms with Crippen LogP contribution >= 0.6 is 0 Å². The van der Waals surface area contributed by atoms with Crippen LogP contribution in [-0.2, 0) is 11.2 Å². The third kappa shape index (κ3) is 2.46. The van der Waals surface area contributed by atoms with E-state index in [1.807, 2.05) is 5.32 Å². The molecule has 0 radical (unpaired) electrons. The van der Waals surface area contributed by atoms with E-state index in [1.165, 1.54) is 6.07 Å². The summed E-state index contributed by atoms with van der Waals surface area (Å²) in [6.07, 6.45) is -2.74. The van der Waals surface area contributed by atoms with Crippen LogP contribution in [0.25, 0.3) is 0 Å². The standard InChI is InChI=1S/C11H9F3N2O/c12-11(13,14)10(17)16-9-3-1-2-7-6-15-5-4-8(7)9/h1-3,6H,4-5H2,(H,16,17). The summed E-state index contributed by atoms with van der Waals surface area (Å²) in [6.45, 7) is 0.520. The third-order valence-electron chi connectivity index (χ3n) is 2.44. The summed E-state index contributed by atoms with van der Waals surface area (Å²) in [5, 5.41) is 1.88. The minimum absolute atomic E-state index is 0.205. The molecule has 1 aliphatic rings. The molecule has 0 atom stereocenters. The summed E-state index contributed by atoms with van der Waals surface area (Å²) in [5.41, 5.74) is 1.65. The van der Waals surface area contributed by atoms with Gasteiger partial charge in [-0.3, -0.25) is 9.79 Å². The zero-order valence-electron chi connectivity index (χ0n) is 8.71. The maximum Gasteiger partial charge on any atom is 0.471 e. The molecule has 0 saturated heterocycles. The third-order valence-corrected chi connectivity index (χ3v) is 2.44. The number of hydrogen-bond acceptors (Lipinski definition) is 2. The molecular formula is C11H9F3N2O. The van der Waals surface area contributed by atoms with Crippen LogP contribution in [0.1, 0.15) is 11.1 Å². The molecule has 17 heavy (non-hydrogen) atoms. The van der Waals surface area contributed by atoms with Gasteiger partial charge in [-0.25, -0.2) is 0 Å². The molecule has 90 valence electrons. The number of amides is 1. The Balaban J connectivity index is 2.29. The molecule has 0 aliphatic carbocycles. The second-order valence-electron chi connectivity index (χ2n) is 3.61. The fourth-order valence-corrected chi connectivity index (χ4v) is 1.65. The summed E-state index contributed by atoms with van der Waals surface area (Å²) in [4.78, 5) is 14.9. The van der Waals surface area contributed by atoms with Crippen molar-refractivity contribution in [1.29, 1.82) is 0 Å². The predicted molar refractivity (Wildman–Crippen MR) is 57.3 cm³/mol. The lowest BCUT2D eigenvalue weighted by Crippen LogP contribution is -2.30. The van der Waals surface area contributed by atoms with Gasteiger partial charge in [-0.05, 0) is 23.6 Å². The van der Waals surface area contributed by atoms with Crippen molar-refractivity contribution in [3.8, 4) is 0 Å². The summed E-state index contributed by atoms with van der Waals surface area (Å²) < 4.78 is 36.4. The van der Waals surface area contributed by atoms with Gasteiger partial charge < -0.3 is 5.32 Å². The first-order valence-corrected chi connectivity index (χ1v) is 4.98. The molecule has 1 amide bonds. The molecule has 0 spiro atoms. The number of aliphatic imine (C=N–C) groups is 1. The van der Waals surface area contributed by atoms with Crippen molar-refractivity contribution in [3.63, 3.8) is 0 Å². The van der Waals surface area contributed by atoms with Gasteiger partial charge in [0.25, 0.3) is 0 Å². The summed E-state index contributed by atoms with van der Waals surface area (Å²) >= 11 is 0. The molecule has 3 nitrogen and oxygen atoms in total. The van der Waals surface area contributed by atoms with Crippen molar-refractivity contribution in [3.05, 3.63) is 29.3 Å². The molecule has 0 aromatic heterocycles. The Morgan fingerprint density at radius 2 is 2.12 bits per heavy atom. The van der Waals surface area contributed by atoms with Gasteiger partial charge in [0, 0.05) is 18.4 Å². The summed E-state index contributed by atoms with van der Waals surface area (Å²) in [5.74, 6) is -1.95. The van der Waals surface area contributed by atoms with E-state index in [9.17, 15) is 18.0 Å². The maximum absolute atomic E-state index is 12.1. The van der Waals surface area contributed by atoms with Crippen molar-refractivity contribution in [2.45, 2.75) is 12.6 Å². The largest absolute Gasteiger partial charge is 0.471 e. The van der Waals surface area contributed by atoms with Gasteiger partial charge >= 0.3 is 12.1 Å². The molecule has 0 saturated carbocycles. The van der Waals surface area contributed by atoms with Crippen molar-refractivity contribution >= 4 is 17.8 Å². The average molecular weight is 242 g/mol. The number of carbonyl (C=O) groups is 1. The number of alkyl halides is 3. The highest BCUT2D eigenvalue weighted by atomic mass is 19.4. The highest BCUT2D eigenvalue weighted by Crippen LogP contribution is 2.24. The first-order valence-electron chi connectivity index (χ1n) is 4.98. The van der Waals surface area contributed by atoms with Gasteiger partial charge in [-0.15, -0.1) is 0 Å². The van der Waals surface area contributed by atoms with Crippen molar-refractivity contribution < 1.29 is 18.0 Å². The number of benzene rings is 1. The van der Waals surface area contributed by atoms with Gasteiger partial charge in [-0.2, -0.15) is 13.2 Å². The number of fused-ring (bicyclic) bond motifs is 1. The lowest BCUT2D eigenvalue weighted by Gasteiger charge is -2.16. The fraction of sp³-hybridized carbons (Fsp3) is 0.273. The predicted octanol–water partition coefficient (Wildman–Crippen LogP) is 2.16. The van der Waals surface area contributed by atoms with Crippen molar-refractivity contribution in [1.82, 2.24) is 0 Å². The molecule has 2 rings (SSSR count). The Morgan fingerprint density at radius 3 is 2.82 bits per heavy atom. The van der Waals surface area contributed by atoms with E-state index in [4.69, 9.17) is 0 Å². The van der Waals surface area contributed by atoms with Gasteiger partial charge in [-0.1, -0.05) is 12.1 Å². The molecule has 0 fully saturated rings. The van der Waals surface area contributed by atoms with Crippen LogP contribution in [0.15, 0.2) is 23.2 Å². The zero-order valence-corrected chi connectivity index (χ0v) is 8.71. The number of carbonyl (C=O) groups excluding carboxylic acids is 1. The molecule has 0 bridgehead atoms. The lowest BCUT2D eigenvalue weighted by atomic mass is 10.0. The molecule has 1 heterocycles. The molecule has 0 unspecified atom stereocenters. The molecule has 1 aromatic rings. The van der Waals surface area contributed by atoms with Crippen LogP contribution in [0.5, 0.6) is 0 Å². The minimum atomic E-state index is -4.87. The van der Waals surface area contributed by atoms with Crippen LogP contribution in [0.3, 0.4) is 0 Å². The number of anilines is 1. The van der Waals surface area contributed by atoms with Crippen LogP contribution in [0, 0.1) is 0 Å². The number of nitrogens with one attached hydrogen (secondary N) is 1. The molecule has 6 heteroatoms. The van der Waals surface area contributed by atoms with Crippen LogP contribution in [-0.4, -0.2) is 24.8 Å². The van der Waals surface area contributed by atoms with E-state index in [-0.39, 0.29) is 5.69 Å². The maximum atomic E-state index is 12.1. The Bertz CT molecular complexity index is 480. The SMILES string of the molecule is O=C(Nc1cccc2c1CCN=C2)C(F)(F)F. The number of halogens is 3. The summed E-state index contributed by atoms with van der Waals surface area (Å²) in [7, 11) is 0. The van der Waals surface area contributed by atoms with Crippen molar-refractivity contribution in [2.24, 2.45) is 4.99 Å². The minimum Gasteiger partial charge on any atom is -0.318 e. The van der Waals surface area contributed by atoms with Crippen molar-refractivity contribution in [2.75, 3.05) is 11.9 Å². The second-order valence-corrected chi connectivity index (χ2v) is 3.61. The lowest BCUT2D eigenvalue weighted by molar-refractivity contribution is -0.167. The first-order chi connectivity index (χ1) is 7.98. The highest BCUT2D eigenvalue weighted by Gasteiger charge is 2.39. The van der Waals surface area contributed by atoms with Crippen LogP contribution in [0.2, 0.25) is 0 Å². The van der Waals surface area contributed by atoms with Gasteiger partial charge in [0.05, 0.1) is 0 Å². The summed E-state index contributed by atoms with van der Waals surface area (Å²) in [6, 6.07) is 4.80. The molecular weight excluding hydrogens is 233 g/mol. The Kier molecular flexibility index (Phi) is 2.87. The molecule has 1 N–H and O–H groups in total.